The number of hydrogen-bond acceptors (Lipinski definition) is 1. The molecule has 0 aliphatic carbocycles. The molecule has 1 nitrogen and oxygen atoms in total. The van der Waals surface area contributed by atoms with Crippen molar-refractivity contribution >= 4 is 11.1 Å². The van der Waals surface area contributed by atoms with Crippen LogP contribution in [0.3, 0.4) is 0 Å². The maximum atomic E-state index is 14.9. The standard InChI is InChI=1S/C18H27F2N/c1-9(2)14-11(5)18(20)16(12(6)17(14)19)15(10(3)4)13(7)21-8/h10,13,21H,1-8H3/b16-15-. The molecular weight excluding hydrogens is 268 g/mol. The van der Waals surface area contributed by atoms with E-state index < -0.39 is 0 Å². The van der Waals surface area contributed by atoms with E-state index in [-0.39, 0.29) is 23.6 Å². The van der Waals surface area contributed by atoms with Gasteiger partial charge in [-0.1, -0.05) is 19.4 Å². The zero-order chi connectivity index (χ0) is 16.5. The van der Waals surface area contributed by atoms with E-state index in [0.717, 1.165) is 11.1 Å². The third-order valence-electron chi connectivity index (χ3n) is 4.16. The summed E-state index contributed by atoms with van der Waals surface area (Å²) < 4.78 is 29.7. The normalized spacial score (nSPS) is 14.4. The van der Waals surface area contributed by atoms with Crippen LogP contribution in [0.5, 0.6) is 0 Å². The average Bonchev–Trinajstić information content (AvgIpc) is 2.39. The fourth-order valence-corrected chi connectivity index (χ4v) is 3.02. The molecule has 0 saturated carbocycles. The zero-order valence-electron chi connectivity index (χ0n) is 14.4. The number of hydrogen-bond donors (Lipinski definition) is 1. The molecule has 0 aliphatic rings. The van der Waals surface area contributed by atoms with Crippen LogP contribution in [0.25, 0.3) is 11.1 Å². The van der Waals surface area contributed by atoms with E-state index in [4.69, 9.17) is 0 Å². The molecule has 1 aromatic rings. The first kappa shape index (κ1) is 17.8. The quantitative estimate of drug-likeness (QED) is 0.903. The third kappa shape index (κ3) is 3.18. The maximum Gasteiger partial charge on any atom is 0.134 e. The van der Waals surface area contributed by atoms with Crippen molar-refractivity contribution in [1.82, 2.24) is 5.32 Å². The Morgan fingerprint density at radius 2 is 1.33 bits per heavy atom. The Labute approximate surface area is 126 Å². The molecule has 0 saturated heterocycles. The summed E-state index contributed by atoms with van der Waals surface area (Å²) in [6.07, 6.45) is 0. The van der Waals surface area contributed by atoms with Crippen LogP contribution < -0.4 is 15.8 Å². The van der Waals surface area contributed by atoms with Gasteiger partial charge in [0.2, 0.25) is 0 Å². The Morgan fingerprint density at radius 3 is 1.71 bits per heavy atom. The number of nitrogens with one attached hydrogen (secondary N) is 1. The molecule has 1 atom stereocenters. The lowest BCUT2D eigenvalue weighted by Crippen LogP contribution is -2.36. The predicted octanol–water partition coefficient (Wildman–Crippen LogP) is 3.19. The fraction of sp³-hybridized carbons (Fsp3) is 0.556. The minimum atomic E-state index is -0.301. The Kier molecular flexibility index (Phi) is 5.68. The van der Waals surface area contributed by atoms with Crippen LogP contribution in [0.2, 0.25) is 0 Å². The van der Waals surface area contributed by atoms with Gasteiger partial charge in [-0.3, -0.25) is 0 Å². The van der Waals surface area contributed by atoms with E-state index in [0.29, 0.717) is 21.6 Å². The third-order valence-corrected chi connectivity index (χ3v) is 4.16. The van der Waals surface area contributed by atoms with Gasteiger partial charge >= 0.3 is 0 Å². The van der Waals surface area contributed by atoms with Crippen molar-refractivity contribution in [3.05, 3.63) is 33.2 Å². The molecular formula is C18H27F2N. The second-order valence-electron chi connectivity index (χ2n) is 6.25. The topological polar surface area (TPSA) is 12.0 Å². The van der Waals surface area contributed by atoms with Gasteiger partial charge in [-0.2, -0.15) is 0 Å². The van der Waals surface area contributed by atoms with Gasteiger partial charge in [-0.05, 0) is 64.3 Å². The molecule has 0 amide bonds. The Hall–Kier alpha value is -1.22. The van der Waals surface area contributed by atoms with E-state index in [1.165, 1.54) is 0 Å². The van der Waals surface area contributed by atoms with E-state index in [1.807, 2.05) is 41.7 Å². The molecule has 0 radical (unpaired) electrons. The predicted molar refractivity (Wildman–Crippen MR) is 86.6 cm³/mol. The van der Waals surface area contributed by atoms with Gasteiger partial charge in [0.1, 0.15) is 11.6 Å². The summed E-state index contributed by atoms with van der Waals surface area (Å²) in [6, 6.07) is -0.00504. The smallest absolute Gasteiger partial charge is 0.134 e. The minimum Gasteiger partial charge on any atom is -0.314 e. The van der Waals surface area contributed by atoms with Crippen LogP contribution in [0, 0.1) is 31.4 Å². The van der Waals surface area contributed by atoms with Crippen LogP contribution in [0.4, 0.5) is 8.78 Å². The molecule has 0 aromatic heterocycles. The van der Waals surface area contributed by atoms with Gasteiger partial charge in [0.15, 0.2) is 0 Å². The maximum absolute atomic E-state index is 14.9. The number of benzene rings is 1. The monoisotopic (exact) mass is 295 g/mol. The second kappa shape index (κ2) is 6.69. The van der Waals surface area contributed by atoms with Crippen LogP contribution in [0.1, 0.15) is 45.7 Å². The van der Waals surface area contributed by atoms with Crippen molar-refractivity contribution in [2.24, 2.45) is 5.92 Å². The van der Waals surface area contributed by atoms with Crippen LogP contribution >= 0.6 is 0 Å². The fourth-order valence-electron chi connectivity index (χ4n) is 3.02. The molecule has 1 aromatic carbocycles. The molecule has 1 rings (SSSR count). The first-order valence-corrected chi connectivity index (χ1v) is 7.48. The first-order chi connectivity index (χ1) is 9.64. The van der Waals surface area contributed by atoms with Crippen molar-refractivity contribution in [2.75, 3.05) is 7.05 Å². The summed E-state index contributed by atoms with van der Waals surface area (Å²) in [5.41, 5.74) is 2.51. The molecule has 0 bridgehead atoms. The van der Waals surface area contributed by atoms with Crippen LogP contribution in [-0.4, -0.2) is 13.1 Å². The highest BCUT2D eigenvalue weighted by Crippen LogP contribution is 2.17. The van der Waals surface area contributed by atoms with Gasteiger partial charge in [-0.25, -0.2) is 8.78 Å². The summed E-state index contributed by atoms with van der Waals surface area (Å²) in [4.78, 5) is 0. The second-order valence-corrected chi connectivity index (χ2v) is 6.25. The van der Waals surface area contributed by atoms with Gasteiger partial charge in [0.05, 0.1) is 0 Å². The molecule has 0 spiro atoms. The lowest BCUT2D eigenvalue weighted by atomic mass is 9.90. The average molecular weight is 295 g/mol. The van der Waals surface area contributed by atoms with E-state index in [9.17, 15) is 8.78 Å². The van der Waals surface area contributed by atoms with E-state index in [2.05, 4.69) is 5.32 Å². The first-order valence-electron chi connectivity index (χ1n) is 7.48. The lowest BCUT2D eigenvalue weighted by Gasteiger charge is -2.21. The Bertz CT molecular complexity index is 618. The molecule has 118 valence electrons. The molecule has 0 heterocycles. The molecule has 3 heteroatoms. The molecule has 1 unspecified atom stereocenters. The summed E-state index contributed by atoms with van der Waals surface area (Å²) >= 11 is 0. The van der Waals surface area contributed by atoms with Gasteiger partial charge < -0.3 is 5.32 Å². The van der Waals surface area contributed by atoms with Crippen LogP contribution in [-0.2, 0) is 0 Å². The summed E-state index contributed by atoms with van der Waals surface area (Å²) in [6.45, 7) is 13.0. The van der Waals surface area contributed by atoms with Crippen molar-refractivity contribution < 1.29 is 8.78 Å². The van der Waals surface area contributed by atoms with Crippen molar-refractivity contribution in [3.8, 4) is 0 Å². The highest BCUT2D eigenvalue weighted by atomic mass is 19.1. The van der Waals surface area contributed by atoms with E-state index in [1.54, 1.807) is 13.8 Å². The van der Waals surface area contributed by atoms with Crippen molar-refractivity contribution in [3.63, 3.8) is 0 Å². The highest BCUT2D eigenvalue weighted by Gasteiger charge is 2.19. The summed E-state index contributed by atoms with van der Waals surface area (Å²) in [5, 5.41) is 3.99. The Balaban J connectivity index is 4.12. The summed E-state index contributed by atoms with van der Waals surface area (Å²) in [5.74, 6) is -0.460. The van der Waals surface area contributed by atoms with Crippen molar-refractivity contribution in [2.45, 2.75) is 54.5 Å². The Morgan fingerprint density at radius 1 is 0.905 bits per heavy atom. The highest BCUT2D eigenvalue weighted by molar-refractivity contribution is 5.56. The zero-order valence-corrected chi connectivity index (χ0v) is 14.4. The van der Waals surface area contributed by atoms with Gasteiger partial charge in [0, 0.05) is 16.5 Å². The molecule has 21 heavy (non-hydrogen) atoms. The number of halogens is 2. The molecule has 0 fully saturated rings. The van der Waals surface area contributed by atoms with E-state index >= 15 is 0 Å². The number of rotatable bonds is 3. The summed E-state index contributed by atoms with van der Waals surface area (Å²) in [7, 11) is 1.84. The van der Waals surface area contributed by atoms with Crippen molar-refractivity contribution in [1.29, 1.82) is 0 Å². The minimum absolute atomic E-state index is 0.00504. The molecule has 0 aliphatic heterocycles. The van der Waals surface area contributed by atoms with Gasteiger partial charge in [-0.15, -0.1) is 0 Å². The molecule has 1 N–H and O–H groups in total. The lowest BCUT2D eigenvalue weighted by molar-refractivity contribution is 0.561. The van der Waals surface area contributed by atoms with Gasteiger partial charge in [0.25, 0.3) is 0 Å². The SMILES string of the molecule is CNC(C)/C(=c1/c(C)c(F)c(=C(C)C)c(C)c1F)C(C)C. The van der Waals surface area contributed by atoms with Crippen LogP contribution in [0.15, 0.2) is 0 Å². The largest absolute Gasteiger partial charge is 0.314 e.